The number of nitro groups is 1. The maximum Gasteiger partial charge on any atom is 0.330 e. The van der Waals surface area contributed by atoms with Crippen molar-refractivity contribution in [3.8, 4) is 0 Å². The molecule has 2 N–H and O–H groups in total. The lowest BCUT2D eigenvalue weighted by molar-refractivity contribution is -0.384. The number of hydrogen-bond donors (Lipinski definition) is 1. The van der Waals surface area contributed by atoms with Crippen LogP contribution in [0.5, 0.6) is 0 Å². The molecule has 1 aliphatic rings. The zero-order chi connectivity index (χ0) is 13.1. The topological polar surface area (TPSA) is 90.2 Å². The highest BCUT2D eigenvalue weighted by Gasteiger charge is 2.24. The number of nitrogens with zero attached hydrogens (tertiary/aromatic N) is 4. The van der Waals surface area contributed by atoms with E-state index in [2.05, 4.69) is 16.9 Å². The molecule has 0 radical (unpaired) electrons. The minimum atomic E-state index is -0.478. The van der Waals surface area contributed by atoms with Crippen molar-refractivity contribution >= 4 is 11.5 Å². The van der Waals surface area contributed by atoms with Crippen molar-refractivity contribution in [2.24, 2.45) is 0 Å². The molecule has 0 aromatic carbocycles. The predicted molar refractivity (Wildman–Crippen MR) is 68.3 cm³/mol. The number of aromatic nitrogens is 2. The number of likely N-dealkylation sites (tertiary alicyclic amines) is 1. The predicted octanol–water partition coefficient (Wildman–Crippen LogP) is 1.42. The first-order valence-corrected chi connectivity index (χ1v) is 6.33. The van der Waals surface area contributed by atoms with Gasteiger partial charge in [0.05, 0.1) is 11.0 Å². The van der Waals surface area contributed by atoms with E-state index < -0.39 is 4.92 Å². The Morgan fingerprint density at radius 3 is 2.94 bits per heavy atom. The van der Waals surface area contributed by atoms with Gasteiger partial charge in [0, 0.05) is 6.54 Å². The van der Waals surface area contributed by atoms with Crippen molar-refractivity contribution in [1.29, 1.82) is 0 Å². The Labute approximate surface area is 106 Å². The van der Waals surface area contributed by atoms with Gasteiger partial charge in [-0.2, -0.15) is 5.10 Å². The van der Waals surface area contributed by atoms with Gasteiger partial charge >= 0.3 is 5.69 Å². The molecule has 0 spiro atoms. The average Bonchev–Trinajstić information content (AvgIpc) is 2.60. The molecule has 1 fully saturated rings. The third-order valence-corrected chi connectivity index (χ3v) is 3.59. The van der Waals surface area contributed by atoms with E-state index in [1.807, 2.05) is 0 Å². The van der Waals surface area contributed by atoms with E-state index in [1.54, 1.807) is 4.68 Å². The molecule has 1 atom stereocenters. The Morgan fingerprint density at radius 1 is 1.56 bits per heavy atom. The first-order valence-electron chi connectivity index (χ1n) is 6.33. The molecule has 2 heterocycles. The summed E-state index contributed by atoms with van der Waals surface area (Å²) >= 11 is 0. The quantitative estimate of drug-likeness (QED) is 0.650. The van der Waals surface area contributed by atoms with Crippen LogP contribution < -0.4 is 5.73 Å². The maximum absolute atomic E-state index is 10.7. The van der Waals surface area contributed by atoms with Crippen LogP contribution >= 0.6 is 0 Å². The average molecular weight is 253 g/mol. The number of nitrogens with two attached hydrogens (primary N) is 1. The summed E-state index contributed by atoms with van der Waals surface area (Å²) in [4.78, 5) is 12.7. The molecule has 1 saturated heterocycles. The van der Waals surface area contributed by atoms with Crippen LogP contribution in [-0.4, -0.2) is 39.2 Å². The van der Waals surface area contributed by atoms with Gasteiger partial charge in [-0.25, -0.2) is 4.68 Å². The molecular weight excluding hydrogens is 234 g/mol. The standard InChI is InChI=1S/C11H19N5O2/c1-2-14-6-3-4-9(5-7-14)15-11(12)10(8-13-15)16(17)18/h8-9H,2-7,12H2,1H3. The molecule has 0 bridgehead atoms. The van der Waals surface area contributed by atoms with E-state index in [4.69, 9.17) is 5.73 Å². The Morgan fingerprint density at radius 2 is 2.33 bits per heavy atom. The van der Waals surface area contributed by atoms with Gasteiger partial charge in [-0.1, -0.05) is 6.92 Å². The second kappa shape index (κ2) is 5.34. The lowest BCUT2D eigenvalue weighted by atomic mass is 10.1. The third kappa shape index (κ3) is 2.45. The molecule has 1 unspecified atom stereocenters. The molecule has 0 aliphatic carbocycles. The van der Waals surface area contributed by atoms with Gasteiger partial charge in [-0.05, 0) is 32.4 Å². The van der Waals surface area contributed by atoms with Crippen LogP contribution in [0.2, 0.25) is 0 Å². The Balaban J connectivity index is 2.14. The van der Waals surface area contributed by atoms with Gasteiger partial charge in [0.15, 0.2) is 0 Å². The minimum Gasteiger partial charge on any atom is -0.378 e. The zero-order valence-electron chi connectivity index (χ0n) is 10.6. The molecule has 18 heavy (non-hydrogen) atoms. The van der Waals surface area contributed by atoms with Gasteiger partial charge in [0.1, 0.15) is 6.20 Å². The molecule has 1 aromatic heterocycles. The van der Waals surface area contributed by atoms with Crippen LogP contribution in [0, 0.1) is 10.1 Å². The van der Waals surface area contributed by atoms with Crippen LogP contribution in [0.3, 0.4) is 0 Å². The fraction of sp³-hybridized carbons (Fsp3) is 0.727. The van der Waals surface area contributed by atoms with Crippen LogP contribution in [0.4, 0.5) is 11.5 Å². The Hall–Kier alpha value is -1.63. The number of nitrogen functional groups attached to an aromatic ring is 1. The molecule has 100 valence electrons. The molecular formula is C11H19N5O2. The summed E-state index contributed by atoms with van der Waals surface area (Å²) in [6, 6.07) is 0.176. The van der Waals surface area contributed by atoms with Crippen molar-refractivity contribution in [3.05, 3.63) is 16.3 Å². The van der Waals surface area contributed by atoms with Gasteiger partial charge < -0.3 is 10.6 Å². The van der Waals surface area contributed by atoms with E-state index in [0.29, 0.717) is 0 Å². The number of rotatable bonds is 3. The van der Waals surface area contributed by atoms with E-state index >= 15 is 0 Å². The first kappa shape index (κ1) is 12.8. The molecule has 0 saturated carbocycles. The van der Waals surface area contributed by atoms with Crippen molar-refractivity contribution in [1.82, 2.24) is 14.7 Å². The second-order valence-electron chi connectivity index (χ2n) is 4.64. The lowest BCUT2D eigenvalue weighted by Crippen LogP contribution is -2.24. The van der Waals surface area contributed by atoms with Gasteiger partial charge in [0.25, 0.3) is 0 Å². The SMILES string of the molecule is CCN1CCCC(n2ncc([N+](=O)[O-])c2N)CC1. The van der Waals surface area contributed by atoms with Crippen molar-refractivity contribution < 1.29 is 4.92 Å². The summed E-state index contributed by atoms with van der Waals surface area (Å²) in [6.07, 6.45) is 4.24. The first-order chi connectivity index (χ1) is 8.63. The van der Waals surface area contributed by atoms with Gasteiger partial charge in [-0.3, -0.25) is 10.1 Å². The molecule has 1 aliphatic heterocycles. The third-order valence-electron chi connectivity index (χ3n) is 3.59. The van der Waals surface area contributed by atoms with Crippen LogP contribution in [0.1, 0.15) is 32.2 Å². The van der Waals surface area contributed by atoms with Gasteiger partial charge in [-0.15, -0.1) is 0 Å². The summed E-state index contributed by atoms with van der Waals surface area (Å²) < 4.78 is 1.62. The normalized spacial score (nSPS) is 21.7. The summed E-state index contributed by atoms with van der Waals surface area (Å²) in [7, 11) is 0. The summed E-state index contributed by atoms with van der Waals surface area (Å²) in [5, 5.41) is 14.8. The van der Waals surface area contributed by atoms with Crippen LogP contribution in [-0.2, 0) is 0 Å². The van der Waals surface area contributed by atoms with Crippen molar-refractivity contribution in [3.63, 3.8) is 0 Å². The number of hydrogen-bond acceptors (Lipinski definition) is 5. The lowest BCUT2D eigenvalue weighted by Gasteiger charge is -2.18. The minimum absolute atomic E-state index is 0.0911. The maximum atomic E-state index is 10.7. The fourth-order valence-electron chi connectivity index (χ4n) is 2.49. The van der Waals surface area contributed by atoms with E-state index in [-0.39, 0.29) is 17.5 Å². The largest absolute Gasteiger partial charge is 0.378 e. The number of anilines is 1. The highest BCUT2D eigenvalue weighted by molar-refractivity contribution is 5.51. The summed E-state index contributed by atoms with van der Waals surface area (Å²) in [5.41, 5.74) is 5.71. The molecule has 2 rings (SSSR count). The van der Waals surface area contributed by atoms with E-state index in [1.165, 1.54) is 6.20 Å². The molecule has 0 amide bonds. The summed E-state index contributed by atoms with van der Waals surface area (Å²) in [6.45, 7) is 5.26. The highest BCUT2D eigenvalue weighted by Crippen LogP contribution is 2.29. The van der Waals surface area contributed by atoms with Crippen molar-refractivity contribution in [2.45, 2.75) is 32.2 Å². The van der Waals surface area contributed by atoms with E-state index in [9.17, 15) is 10.1 Å². The van der Waals surface area contributed by atoms with Crippen LogP contribution in [0.25, 0.3) is 0 Å². The summed E-state index contributed by atoms with van der Waals surface area (Å²) in [5.74, 6) is 0.176. The fourth-order valence-corrected chi connectivity index (χ4v) is 2.49. The smallest absolute Gasteiger partial charge is 0.330 e. The second-order valence-corrected chi connectivity index (χ2v) is 4.64. The Kier molecular flexibility index (Phi) is 3.81. The molecule has 7 nitrogen and oxygen atoms in total. The van der Waals surface area contributed by atoms with E-state index in [0.717, 1.165) is 38.9 Å². The Bertz CT molecular complexity index is 431. The monoisotopic (exact) mass is 253 g/mol. The molecule has 7 heteroatoms. The highest BCUT2D eigenvalue weighted by atomic mass is 16.6. The van der Waals surface area contributed by atoms with Crippen molar-refractivity contribution in [2.75, 3.05) is 25.4 Å². The zero-order valence-corrected chi connectivity index (χ0v) is 10.6. The van der Waals surface area contributed by atoms with Crippen LogP contribution in [0.15, 0.2) is 6.20 Å². The molecule has 1 aromatic rings. The van der Waals surface area contributed by atoms with Gasteiger partial charge in [0.2, 0.25) is 5.82 Å².